The number of aromatic nitrogens is 2. The highest BCUT2D eigenvalue weighted by molar-refractivity contribution is 5.94. The van der Waals surface area contributed by atoms with Gasteiger partial charge >= 0.3 is 5.97 Å². The zero-order valence-corrected chi connectivity index (χ0v) is 12.2. The second kappa shape index (κ2) is 5.63. The molecule has 1 saturated carbocycles. The first kappa shape index (κ1) is 14.3. The van der Waals surface area contributed by atoms with Crippen molar-refractivity contribution in [3.63, 3.8) is 0 Å². The normalized spacial score (nSPS) is 20.2. The van der Waals surface area contributed by atoms with Crippen LogP contribution in [0.5, 0.6) is 0 Å². The number of rotatable bonds is 4. The Bertz CT molecular complexity index is 700. The number of hydrogen-bond acceptors (Lipinski definition) is 3. The van der Waals surface area contributed by atoms with Crippen LogP contribution in [0, 0.1) is 12.8 Å². The Morgan fingerprint density at radius 1 is 1.23 bits per heavy atom. The van der Waals surface area contributed by atoms with Gasteiger partial charge in [-0.25, -0.2) is 4.68 Å². The molecule has 0 atom stereocenters. The van der Waals surface area contributed by atoms with Crippen molar-refractivity contribution in [2.45, 2.75) is 25.8 Å². The lowest BCUT2D eigenvalue weighted by atomic mass is 9.80. The number of aliphatic carboxylic acids is 1. The van der Waals surface area contributed by atoms with Crippen molar-refractivity contribution in [1.29, 1.82) is 0 Å². The number of carbonyl (C=O) groups is 2. The molecule has 6 heteroatoms. The largest absolute Gasteiger partial charge is 0.481 e. The fraction of sp³-hybridized carbons (Fsp3) is 0.312. The molecule has 1 heterocycles. The first-order valence-electron chi connectivity index (χ1n) is 7.19. The van der Waals surface area contributed by atoms with Crippen molar-refractivity contribution < 1.29 is 14.7 Å². The van der Waals surface area contributed by atoms with Gasteiger partial charge in [0.05, 0.1) is 11.6 Å². The Labute approximate surface area is 127 Å². The van der Waals surface area contributed by atoms with Gasteiger partial charge in [0.2, 0.25) is 0 Å². The molecule has 114 valence electrons. The van der Waals surface area contributed by atoms with E-state index in [2.05, 4.69) is 10.4 Å². The topological polar surface area (TPSA) is 84.2 Å². The summed E-state index contributed by atoms with van der Waals surface area (Å²) in [5.74, 6) is -1.28. The van der Waals surface area contributed by atoms with E-state index in [0.29, 0.717) is 18.4 Å². The van der Waals surface area contributed by atoms with Gasteiger partial charge in [-0.15, -0.1) is 0 Å². The van der Waals surface area contributed by atoms with E-state index < -0.39 is 5.97 Å². The summed E-state index contributed by atoms with van der Waals surface area (Å²) < 4.78 is 1.80. The van der Waals surface area contributed by atoms with Crippen LogP contribution in [0.2, 0.25) is 0 Å². The third kappa shape index (κ3) is 2.72. The second-order valence-corrected chi connectivity index (χ2v) is 5.61. The van der Waals surface area contributed by atoms with Gasteiger partial charge in [-0.1, -0.05) is 0 Å². The molecule has 0 bridgehead atoms. The van der Waals surface area contributed by atoms with E-state index in [0.717, 1.165) is 11.4 Å². The summed E-state index contributed by atoms with van der Waals surface area (Å²) in [6.07, 6.45) is 2.74. The van der Waals surface area contributed by atoms with E-state index in [4.69, 9.17) is 5.11 Å². The van der Waals surface area contributed by atoms with E-state index in [1.165, 1.54) is 0 Å². The van der Waals surface area contributed by atoms with E-state index in [-0.39, 0.29) is 17.9 Å². The Kier molecular flexibility index (Phi) is 3.66. The van der Waals surface area contributed by atoms with Gasteiger partial charge in [0.25, 0.3) is 5.91 Å². The minimum absolute atomic E-state index is 0.0402. The fourth-order valence-corrected chi connectivity index (χ4v) is 2.60. The molecule has 1 aliphatic rings. The highest BCUT2D eigenvalue weighted by Crippen LogP contribution is 2.27. The Balaban J connectivity index is 1.62. The molecule has 0 spiro atoms. The second-order valence-electron chi connectivity index (χ2n) is 5.61. The predicted molar refractivity (Wildman–Crippen MR) is 79.9 cm³/mol. The standard InChI is InChI=1S/C16H17N3O3/c1-10-6-7-17-19(10)14-4-2-11(3-5-14)15(20)18-13-8-12(9-13)16(21)22/h2-7,12-13H,8-9H2,1H3,(H,18,20)(H,21,22). The van der Waals surface area contributed by atoms with Crippen LogP contribution >= 0.6 is 0 Å². The van der Waals surface area contributed by atoms with Crippen LogP contribution in [0.1, 0.15) is 28.9 Å². The maximum atomic E-state index is 12.1. The molecule has 0 aliphatic heterocycles. The molecule has 0 saturated heterocycles. The van der Waals surface area contributed by atoms with Gasteiger partial charge in [-0.2, -0.15) is 5.10 Å². The molecule has 2 N–H and O–H groups in total. The molecule has 22 heavy (non-hydrogen) atoms. The van der Waals surface area contributed by atoms with E-state index >= 15 is 0 Å². The van der Waals surface area contributed by atoms with Gasteiger partial charge in [0.1, 0.15) is 0 Å². The number of carboxylic acids is 1. The minimum atomic E-state index is -0.788. The van der Waals surface area contributed by atoms with Crippen molar-refractivity contribution in [1.82, 2.24) is 15.1 Å². The summed E-state index contributed by atoms with van der Waals surface area (Å²) >= 11 is 0. The zero-order chi connectivity index (χ0) is 15.7. The van der Waals surface area contributed by atoms with Crippen LogP contribution < -0.4 is 5.32 Å². The molecule has 6 nitrogen and oxygen atoms in total. The Hall–Kier alpha value is -2.63. The number of amides is 1. The highest BCUT2D eigenvalue weighted by Gasteiger charge is 2.35. The highest BCUT2D eigenvalue weighted by atomic mass is 16.4. The van der Waals surface area contributed by atoms with Crippen molar-refractivity contribution in [3.8, 4) is 5.69 Å². The van der Waals surface area contributed by atoms with Gasteiger partial charge in [0, 0.05) is 23.5 Å². The molecule has 1 aromatic heterocycles. The predicted octanol–water partition coefficient (Wildman–Crippen LogP) is 1.77. The number of carboxylic acid groups (broad SMARTS) is 1. The number of nitrogens with zero attached hydrogens (tertiary/aromatic N) is 2. The zero-order valence-electron chi connectivity index (χ0n) is 12.2. The quantitative estimate of drug-likeness (QED) is 0.901. The van der Waals surface area contributed by atoms with Gasteiger partial charge < -0.3 is 10.4 Å². The van der Waals surface area contributed by atoms with Crippen molar-refractivity contribution >= 4 is 11.9 Å². The summed E-state index contributed by atoms with van der Waals surface area (Å²) in [6, 6.07) is 9.06. The maximum Gasteiger partial charge on any atom is 0.306 e. The number of benzene rings is 1. The molecule has 1 fully saturated rings. The van der Waals surface area contributed by atoms with Crippen molar-refractivity contribution in [2.75, 3.05) is 0 Å². The average Bonchev–Trinajstić information content (AvgIpc) is 2.88. The summed E-state index contributed by atoms with van der Waals surface area (Å²) in [7, 11) is 0. The molecular formula is C16H17N3O3. The van der Waals surface area contributed by atoms with Gasteiger partial charge in [-0.3, -0.25) is 9.59 Å². The SMILES string of the molecule is Cc1ccnn1-c1ccc(C(=O)NC2CC(C(=O)O)C2)cc1. The van der Waals surface area contributed by atoms with E-state index in [9.17, 15) is 9.59 Å². The number of carbonyl (C=O) groups excluding carboxylic acids is 1. The Morgan fingerprint density at radius 2 is 1.91 bits per heavy atom. The average molecular weight is 299 g/mol. The summed E-state index contributed by atoms with van der Waals surface area (Å²) in [4.78, 5) is 22.8. The Morgan fingerprint density at radius 3 is 2.45 bits per heavy atom. The number of hydrogen-bond donors (Lipinski definition) is 2. The molecular weight excluding hydrogens is 282 g/mol. The van der Waals surface area contributed by atoms with Crippen LogP contribution in [0.3, 0.4) is 0 Å². The summed E-state index contributed by atoms with van der Waals surface area (Å²) in [6.45, 7) is 1.96. The van der Waals surface area contributed by atoms with Gasteiger partial charge in [-0.05, 0) is 50.1 Å². The van der Waals surface area contributed by atoms with E-state index in [1.54, 1.807) is 23.0 Å². The molecule has 1 aliphatic carbocycles. The lowest BCUT2D eigenvalue weighted by Crippen LogP contribution is -2.46. The van der Waals surface area contributed by atoms with Crippen LogP contribution in [-0.2, 0) is 4.79 Å². The van der Waals surface area contributed by atoms with E-state index in [1.807, 2.05) is 25.1 Å². The smallest absolute Gasteiger partial charge is 0.306 e. The van der Waals surface area contributed by atoms with Crippen LogP contribution in [0.4, 0.5) is 0 Å². The van der Waals surface area contributed by atoms with Crippen LogP contribution in [-0.4, -0.2) is 32.8 Å². The third-order valence-corrected chi connectivity index (χ3v) is 4.03. The maximum absolute atomic E-state index is 12.1. The molecule has 2 aromatic rings. The summed E-state index contributed by atoms with van der Waals surface area (Å²) in [5, 5.41) is 15.9. The van der Waals surface area contributed by atoms with Crippen LogP contribution in [0.25, 0.3) is 5.69 Å². The number of aryl methyl sites for hydroxylation is 1. The monoisotopic (exact) mass is 299 g/mol. The third-order valence-electron chi connectivity index (χ3n) is 4.03. The first-order chi connectivity index (χ1) is 10.5. The lowest BCUT2D eigenvalue weighted by Gasteiger charge is -2.32. The molecule has 1 aromatic carbocycles. The molecule has 0 radical (unpaired) electrons. The van der Waals surface area contributed by atoms with Gasteiger partial charge in [0.15, 0.2) is 0 Å². The summed E-state index contributed by atoms with van der Waals surface area (Å²) in [5.41, 5.74) is 2.48. The van der Waals surface area contributed by atoms with Crippen molar-refractivity contribution in [3.05, 3.63) is 47.8 Å². The lowest BCUT2D eigenvalue weighted by molar-refractivity contribution is -0.145. The molecule has 1 amide bonds. The van der Waals surface area contributed by atoms with Crippen LogP contribution in [0.15, 0.2) is 36.5 Å². The molecule has 3 rings (SSSR count). The minimum Gasteiger partial charge on any atom is -0.481 e. The van der Waals surface area contributed by atoms with Crippen molar-refractivity contribution in [2.24, 2.45) is 5.92 Å². The number of nitrogens with one attached hydrogen (secondary N) is 1. The first-order valence-corrected chi connectivity index (χ1v) is 7.19. The fourth-order valence-electron chi connectivity index (χ4n) is 2.60. The molecule has 0 unspecified atom stereocenters.